The van der Waals surface area contributed by atoms with E-state index >= 15 is 0 Å². The molecule has 0 aliphatic carbocycles. The molecule has 0 aromatic heterocycles. The van der Waals surface area contributed by atoms with Crippen molar-refractivity contribution in [2.45, 2.75) is 31.3 Å². The highest BCUT2D eigenvalue weighted by Crippen LogP contribution is 2.22. The number of carbonyl (C=O) groups is 1. The van der Waals surface area contributed by atoms with Gasteiger partial charge in [-0.1, -0.05) is 13.0 Å². The van der Waals surface area contributed by atoms with Crippen LogP contribution in [0.5, 0.6) is 0 Å². The number of thioether (sulfide) groups is 1. The number of benzene rings is 1. The minimum Gasteiger partial charge on any atom is -0.396 e. The molecule has 1 rings (SSSR count). The molecule has 0 fully saturated rings. The number of primary amides is 1. The SMILES string of the molecule is Cc1cc(C(N)=O)ccc1CSC(C)CCO. The summed E-state index contributed by atoms with van der Waals surface area (Å²) in [5, 5.41) is 9.26. The van der Waals surface area contributed by atoms with Gasteiger partial charge in [-0.3, -0.25) is 4.79 Å². The lowest BCUT2D eigenvalue weighted by atomic mass is 10.1. The number of amides is 1. The van der Waals surface area contributed by atoms with Crippen LogP contribution in [0.25, 0.3) is 0 Å². The molecule has 0 saturated carbocycles. The van der Waals surface area contributed by atoms with Crippen molar-refractivity contribution >= 4 is 17.7 Å². The van der Waals surface area contributed by atoms with Crippen molar-refractivity contribution < 1.29 is 9.90 Å². The molecular weight excluding hydrogens is 234 g/mol. The Morgan fingerprint density at radius 2 is 2.24 bits per heavy atom. The lowest BCUT2D eigenvalue weighted by molar-refractivity contribution is 0.1000. The van der Waals surface area contributed by atoms with Crippen LogP contribution in [0.1, 0.15) is 34.8 Å². The van der Waals surface area contributed by atoms with E-state index in [0.29, 0.717) is 10.8 Å². The maximum atomic E-state index is 11.0. The Kier molecular flexibility index (Phi) is 5.51. The fraction of sp³-hybridized carbons (Fsp3) is 0.462. The lowest BCUT2D eigenvalue weighted by Crippen LogP contribution is -2.11. The zero-order valence-corrected chi connectivity index (χ0v) is 11.1. The van der Waals surface area contributed by atoms with Gasteiger partial charge in [0.05, 0.1) is 0 Å². The van der Waals surface area contributed by atoms with Crippen LogP contribution in [0.3, 0.4) is 0 Å². The Morgan fingerprint density at radius 1 is 1.53 bits per heavy atom. The largest absolute Gasteiger partial charge is 0.396 e. The lowest BCUT2D eigenvalue weighted by Gasteiger charge is -2.11. The number of hydrogen-bond donors (Lipinski definition) is 2. The molecule has 1 aromatic carbocycles. The van der Waals surface area contributed by atoms with E-state index in [-0.39, 0.29) is 12.5 Å². The van der Waals surface area contributed by atoms with E-state index in [1.165, 1.54) is 5.56 Å². The first-order chi connectivity index (χ1) is 8.04. The van der Waals surface area contributed by atoms with Crippen LogP contribution in [-0.4, -0.2) is 22.9 Å². The summed E-state index contributed by atoms with van der Waals surface area (Å²) < 4.78 is 0. The van der Waals surface area contributed by atoms with Gasteiger partial charge in [-0.05, 0) is 36.6 Å². The monoisotopic (exact) mass is 253 g/mol. The molecule has 0 aliphatic heterocycles. The van der Waals surface area contributed by atoms with E-state index in [4.69, 9.17) is 10.8 Å². The summed E-state index contributed by atoms with van der Waals surface area (Å²) in [5.74, 6) is 0.507. The third-order valence-electron chi connectivity index (χ3n) is 2.69. The third kappa shape index (κ3) is 4.40. The van der Waals surface area contributed by atoms with Crippen LogP contribution in [0.4, 0.5) is 0 Å². The molecule has 94 valence electrons. The molecule has 3 nitrogen and oxygen atoms in total. The number of rotatable bonds is 6. The second-order valence-electron chi connectivity index (χ2n) is 4.14. The zero-order chi connectivity index (χ0) is 12.8. The maximum absolute atomic E-state index is 11.0. The first kappa shape index (κ1) is 14.1. The highest BCUT2D eigenvalue weighted by molar-refractivity contribution is 7.99. The van der Waals surface area contributed by atoms with Crippen LogP contribution < -0.4 is 5.73 Å². The van der Waals surface area contributed by atoms with E-state index < -0.39 is 0 Å². The molecule has 0 spiro atoms. The van der Waals surface area contributed by atoms with Gasteiger partial charge in [0, 0.05) is 23.2 Å². The van der Waals surface area contributed by atoms with Gasteiger partial charge in [-0.15, -0.1) is 0 Å². The Labute approximate surface area is 106 Å². The number of aryl methyl sites for hydroxylation is 1. The quantitative estimate of drug-likeness (QED) is 0.816. The van der Waals surface area contributed by atoms with E-state index in [9.17, 15) is 4.79 Å². The molecule has 0 heterocycles. The Morgan fingerprint density at radius 3 is 2.76 bits per heavy atom. The minimum absolute atomic E-state index is 0.230. The van der Waals surface area contributed by atoms with Crippen molar-refractivity contribution in [3.63, 3.8) is 0 Å². The fourth-order valence-electron chi connectivity index (χ4n) is 1.51. The predicted molar refractivity (Wildman–Crippen MR) is 72.2 cm³/mol. The molecule has 3 N–H and O–H groups in total. The molecule has 0 saturated heterocycles. The number of carbonyl (C=O) groups excluding carboxylic acids is 1. The topological polar surface area (TPSA) is 63.3 Å². The smallest absolute Gasteiger partial charge is 0.248 e. The zero-order valence-electron chi connectivity index (χ0n) is 10.3. The average Bonchev–Trinajstić information content (AvgIpc) is 2.27. The molecule has 0 radical (unpaired) electrons. The molecule has 17 heavy (non-hydrogen) atoms. The molecule has 0 aliphatic rings. The molecule has 0 bridgehead atoms. The van der Waals surface area contributed by atoms with Crippen molar-refractivity contribution in [3.8, 4) is 0 Å². The number of aliphatic hydroxyl groups excluding tert-OH is 1. The summed E-state index contributed by atoms with van der Waals surface area (Å²) in [6.45, 7) is 4.32. The van der Waals surface area contributed by atoms with Crippen molar-refractivity contribution in [2.75, 3.05) is 6.61 Å². The molecule has 1 atom stereocenters. The van der Waals surface area contributed by atoms with Gasteiger partial charge in [0.25, 0.3) is 0 Å². The molecule has 1 amide bonds. The van der Waals surface area contributed by atoms with Gasteiger partial charge >= 0.3 is 0 Å². The van der Waals surface area contributed by atoms with Crippen molar-refractivity contribution in [2.24, 2.45) is 5.73 Å². The van der Waals surface area contributed by atoms with Crippen LogP contribution in [0, 0.1) is 6.92 Å². The van der Waals surface area contributed by atoms with Gasteiger partial charge in [0.1, 0.15) is 0 Å². The molecular formula is C13H19NO2S. The third-order valence-corrected chi connectivity index (χ3v) is 3.97. The summed E-state index contributed by atoms with van der Waals surface area (Å²) in [6.07, 6.45) is 0.809. The van der Waals surface area contributed by atoms with Gasteiger partial charge in [0.15, 0.2) is 0 Å². The summed E-state index contributed by atoms with van der Waals surface area (Å²) >= 11 is 1.81. The van der Waals surface area contributed by atoms with Gasteiger partial charge < -0.3 is 10.8 Å². The number of nitrogens with two attached hydrogens (primary N) is 1. The Bertz CT molecular complexity index is 393. The first-order valence-corrected chi connectivity index (χ1v) is 6.71. The summed E-state index contributed by atoms with van der Waals surface area (Å²) in [5.41, 5.74) is 8.08. The summed E-state index contributed by atoms with van der Waals surface area (Å²) in [4.78, 5) is 11.0. The highest BCUT2D eigenvalue weighted by Gasteiger charge is 2.06. The standard InChI is InChI=1S/C13H19NO2S/c1-9-7-11(13(14)16)3-4-12(9)8-17-10(2)5-6-15/h3-4,7,10,15H,5-6,8H2,1-2H3,(H2,14,16). The predicted octanol–water partition coefficient (Wildman–Crippen LogP) is 2.10. The van der Waals surface area contributed by atoms with Crippen LogP contribution in [-0.2, 0) is 5.75 Å². The van der Waals surface area contributed by atoms with Gasteiger partial charge in [0.2, 0.25) is 5.91 Å². The maximum Gasteiger partial charge on any atom is 0.248 e. The van der Waals surface area contributed by atoms with E-state index in [1.807, 2.05) is 19.1 Å². The Balaban J connectivity index is 2.63. The second kappa shape index (κ2) is 6.67. The normalized spacial score (nSPS) is 12.4. The first-order valence-electron chi connectivity index (χ1n) is 5.66. The van der Waals surface area contributed by atoms with E-state index in [2.05, 4.69) is 6.92 Å². The second-order valence-corrected chi connectivity index (χ2v) is 5.57. The van der Waals surface area contributed by atoms with E-state index in [0.717, 1.165) is 17.7 Å². The van der Waals surface area contributed by atoms with Gasteiger partial charge in [-0.25, -0.2) is 0 Å². The van der Waals surface area contributed by atoms with E-state index in [1.54, 1.807) is 17.8 Å². The summed E-state index contributed by atoms with van der Waals surface area (Å²) in [7, 11) is 0. The number of hydrogen-bond acceptors (Lipinski definition) is 3. The number of aliphatic hydroxyl groups is 1. The highest BCUT2D eigenvalue weighted by atomic mass is 32.2. The molecule has 1 aromatic rings. The molecule has 4 heteroatoms. The average molecular weight is 253 g/mol. The summed E-state index contributed by atoms with van der Waals surface area (Å²) in [6, 6.07) is 5.55. The van der Waals surface area contributed by atoms with Crippen LogP contribution in [0.15, 0.2) is 18.2 Å². The van der Waals surface area contributed by atoms with Crippen molar-refractivity contribution in [1.29, 1.82) is 0 Å². The van der Waals surface area contributed by atoms with Gasteiger partial charge in [-0.2, -0.15) is 11.8 Å². The Hall–Kier alpha value is -1.000. The van der Waals surface area contributed by atoms with Crippen LogP contribution in [0.2, 0.25) is 0 Å². The van der Waals surface area contributed by atoms with Crippen molar-refractivity contribution in [1.82, 2.24) is 0 Å². The fourth-order valence-corrected chi connectivity index (χ4v) is 2.57. The van der Waals surface area contributed by atoms with Crippen LogP contribution >= 0.6 is 11.8 Å². The van der Waals surface area contributed by atoms with Crippen molar-refractivity contribution in [3.05, 3.63) is 34.9 Å². The molecule has 1 unspecified atom stereocenters. The minimum atomic E-state index is -0.388.